The lowest BCUT2D eigenvalue weighted by molar-refractivity contribution is -0.274. The first-order valence-corrected chi connectivity index (χ1v) is 7.35. The van der Waals surface area contributed by atoms with E-state index >= 15 is 0 Å². The molecule has 5 heteroatoms. The topological polar surface area (TPSA) is 35.2 Å². The van der Waals surface area contributed by atoms with Gasteiger partial charge in [0.2, 0.25) is 0 Å². The van der Waals surface area contributed by atoms with Gasteiger partial charge in [-0.2, -0.15) is 0 Å². The van der Waals surface area contributed by atoms with Gasteiger partial charge in [-0.1, -0.05) is 32.4 Å². The molecule has 0 bridgehead atoms. The van der Waals surface area contributed by atoms with Gasteiger partial charge in [-0.3, -0.25) is 0 Å². The molecule has 0 saturated heterocycles. The molecule has 2 N–H and O–H groups in total. The van der Waals surface area contributed by atoms with Gasteiger partial charge in [-0.25, -0.2) is 0 Å². The predicted octanol–water partition coefficient (Wildman–Crippen LogP) is 4.38. The molecule has 0 amide bonds. The standard InChI is InChI=1S/C16H22F3NO/c1-11(2)10-14(20)15(8-3-9-15)12-4-6-13(7-5-12)21-16(17,18)19/h4-7,11,14H,3,8-10,20H2,1-2H3. The number of nitrogens with two attached hydrogens (primary N) is 1. The Balaban J connectivity index is 2.16. The minimum absolute atomic E-state index is 0.0423. The van der Waals surface area contributed by atoms with Crippen LogP contribution in [0.2, 0.25) is 0 Å². The zero-order valence-corrected chi connectivity index (χ0v) is 12.4. The Morgan fingerprint density at radius 3 is 2.14 bits per heavy atom. The highest BCUT2D eigenvalue weighted by Gasteiger charge is 2.43. The summed E-state index contributed by atoms with van der Waals surface area (Å²) in [5, 5.41) is 0. The summed E-state index contributed by atoms with van der Waals surface area (Å²) in [6.07, 6.45) is -0.613. The molecule has 0 aliphatic heterocycles. The molecule has 1 unspecified atom stereocenters. The van der Waals surface area contributed by atoms with E-state index in [0.717, 1.165) is 31.2 Å². The van der Waals surface area contributed by atoms with Crippen LogP contribution in [0.15, 0.2) is 24.3 Å². The highest BCUT2D eigenvalue weighted by atomic mass is 19.4. The second kappa shape index (κ2) is 5.87. The number of hydrogen-bond acceptors (Lipinski definition) is 2. The van der Waals surface area contributed by atoms with Crippen molar-refractivity contribution in [2.75, 3.05) is 0 Å². The molecule has 1 aromatic carbocycles. The van der Waals surface area contributed by atoms with E-state index in [1.807, 2.05) is 0 Å². The van der Waals surface area contributed by atoms with Gasteiger partial charge in [0.05, 0.1) is 0 Å². The highest BCUT2D eigenvalue weighted by molar-refractivity contribution is 5.35. The van der Waals surface area contributed by atoms with Crippen LogP contribution in [0.4, 0.5) is 13.2 Å². The minimum Gasteiger partial charge on any atom is -0.406 e. The van der Waals surface area contributed by atoms with Gasteiger partial charge in [0.25, 0.3) is 0 Å². The van der Waals surface area contributed by atoms with E-state index in [0.29, 0.717) is 5.92 Å². The summed E-state index contributed by atoms with van der Waals surface area (Å²) in [6, 6.07) is 6.25. The maximum Gasteiger partial charge on any atom is 0.573 e. The van der Waals surface area contributed by atoms with E-state index in [-0.39, 0.29) is 17.2 Å². The number of halogens is 3. The summed E-state index contributed by atoms with van der Waals surface area (Å²) in [4.78, 5) is 0. The molecule has 2 nitrogen and oxygen atoms in total. The lowest BCUT2D eigenvalue weighted by atomic mass is 9.59. The van der Waals surface area contributed by atoms with Crippen LogP contribution >= 0.6 is 0 Å². The molecule has 1 aliphatic rings. The maximum atomic E-state index is 12.2. The van der Waals surface area contributed by atoms with E-state index in [1.165, 1.54) is 12.1 Å². The van der Waals surface area contributed by atoms with Crippen molar-refractivity contribution in [1.29, 1.82) is 0 Å². The minimum atomic E-state index is -4.65. The monoisotopic (exact) mass is 301 g/mol. The van der Waals surface area contributed by atoms with Crippen LogP contribution in [0.25, 0.3) is 0 Å². The SMILES string of the molecule is CC(C)CC(N)C1(c2ccc(OC(F)(F)F)cc2)CCC1. The number of benzene rings is 1. The first-order chi connectivity index (χ1) is 9.73. The zero-order chi connectivity index (χ0) is 15.7. The van der Waals surface area contributed by atoms with Crippen LogP contribution in [-0.2, 0) is 5.41 Å². The van der Waals surface area contributed by atoms with Crippen LogP contribution in [0, 0.1) is 5.92 Å². The quantitative estimate of drug-likeness (QED) is 0.876. The molecular weight excluding hydrogens is 279 g/mol. The van der Waals surface area contributed by atoms with Gasteiger partial charge in [0, 0.05) is 11.5 Å². The molecule has 0 heterocycles. The van der Waals surface area contributed by atoms with Gasteiger partial charge in [-0.15, -0.1) is 13.2 Å². The third-order valence-electron chi connectivity index (χ3n) is 4.34. The third kappa shape index (κ3) is 3.70. The number of alkyl halides is 3. The number of ether oxygens (including phenoxy) is 1. The third-order valence-corrected chi connectivity index (χ3v) is 4.34. The largest absolute Gasteiger partial charge is 0.573 e. The Hall–Kier alpha value is -1.23. The van der Waals surface area contributed by atoms with Crippen LogP contribution in [0.1, 0.15) is 45.1 Å². The van der Waals surface area contributed by atoms with Crippen LogP contribution in [0.3, 0.4) is 0 Å². The Bertz CT molecular complexity index is 463. The smallest absolute Gasteiger partial charge is 0.406 e. The lowest BCUT2D eigenvalue weighted by Gasteiger charge is -2.47. The molecule has 1 atom stereocenters. The zero-order valence-electron chi connectivity index (χ0n) is 12.4. The van der Waals surface area contributed by atoms with E-state index < -0.39 is 6.36 Å². The van der Waals surface area contributed by atoms with E-state index in [9.17, 15) is 13.2 Å². The van der Waals surface area contributed by atoms with E-state index in [4.69, 9.17) is 5.73 Å². The van der Waals surface area contributed by atoms with Gasteiger partial charge in [0.15, 0.2) is 0 Å². The summed E-state index contributed by atoms with van der Waals surface area (Å²) in [5.74, 6) is 0.323. The molecule has 2 rings (SSSR count). The average Bonchev–Trinajstić information content (AvgIpc) is 2.26. The fraction of sp³-hybridized carbons (Fsp3) is 0.625. The Kier molecular flexibility index (Phi) is 4.51. The molecule has 1 aliphatic carbocycles. The fourth-order valence-corrected chi connectivity index (χ4v) is 3.15. The van der Waals surface area contributed by atoms with Crippen LogP contribution in [-0.4, -0.2) is 12.4 Å². The van der Waals surface area contributed by atoms with Crippen molar-refractivity contribution >= 4 is 0 Å². The second-order valence-electron chi connectivity index (χ2n) is 6.32. The van der Waals surface area contributed by atoms with Crippen LogP contribution in [0.5, 0.6) is 5.75 Å². The molecule has 1 fully saturated rings. The summed E-state index contributed by atoms with van der Waals surface area (Å²) in [5.41, 5.74) is 7.32. The first-order valence-electron chi connectivity index (χ1n) is 7.35. The fourth-order valence-electron chi connectivity index (χ4n) is 3.15. The van der Waals surface area contributed by atoms with Crippen molar-refractivity contribution in [2.45, 2.75) is 57.3 Å². The Morgan fingerprint density at radius 2 is 1.76 bits per heavy atom. The van der Waals surface area contributed by atoms with Crippen LogP contribution < -0.4 is 10.5 Å². The summed E-state index contributed by atoms with van der Waals surface area (Å²) in [7, 11) is 0. The highest BCUT2D eigenvalue weighted by Crippen LogP contribution is 2.47. The van der Waals surface area contributed by atoms with Crippen molar-refractivity contribution in [3.8, 4) is 5.75 Å². The second-order valence-corrected chi connectivity index (χ2v) is 6.32. The van der Waals surface area contributed by atoms with Crippen molar-refractivity contribution in [1.82, 2.24) is 0 Å². The Labute approximate surface area is 123 Å². The summed E-state index contributed by atoms with van der Waals surface area (Å²) in [6.45, 7) is 4.26. The van der Waals surface area contributed by atoms with Gasteiger partial charge in [0.1, 0.15) is 5.75 Å². The number of rotatable bonds is 5. The molecule has 21 heavy (non-hydrogen) atoms. The molecule has 0 aromatic heterocycles. The van der Waals surface area contributed by atoms with Crippen molar-refractivity contribution in [2.24, 2.45) is 11.7 Å². The number of hydrogen-bond donors (Lipinski definition) is 1. The molecule has 1 aromatic rings. The van der Waals surface area contributed by atoms with E-state index in [2.05, 4.69) is 18.6 Å². The lowest BCUT2D eigenvalue weighted by Crippen LogP contribution is -2.50. The van der Waals surface area contributed by atoms with Crippen molar-refractivity contribution in [3.63, 3.8) is 0 Å². The molecule has 118 valence electrons. The average molecular weight is 301 g/mol. The first kappa shape index (κ1) is 16.1. The van der Waals surface area contributed by atoms with Crippen molar-refractivity contribution in [3.05, 3.63) is 29.8 Å². The summed E-state index contributed by atoms with van der Waals surface area (Å²) < 4.78 is 40.5. The van der Waals surface area contributed by atoms with Crippen molar-refractivity contribution < 1.29 is 17.9 Å². The normalized spacial score (nSPS) is 19.2. The molecular formula is C16H22F3NO. The molecule has 1 saturated carbocycles. The maximum absolute atomic E-state index is 12.2. The van der Waals surface area contributed by atoms with Gasteiger partial charge in [-0.05, 0) is 42.9 Å². The van der Waals surface area contributed by atoms with E-state index in [1.54, 1.807) is 12.1 Å². The summed E-state index contributed by atoms with van der Waals surface area (Å²) >= 11 is 0. The van der Waals surface area contributed by atoms with Gasteiger partial charge < -0.3 is 10.5 Å². The van der Waals surface area contributed by atoms with Gasteiger partial charge >= 0.3 is 6.36 Å². The molecule has 0 radical (unpaired) electrons. The predicted molar refractivity (Wildman–Crippen MR) is 76.1 cm³/mol. The molecule has 0 spiro atoms. The Morgan fingerprint density at radius 1 is 1.19 bits per heavy atom.